The maximum atomic E-state index is 2.34. The molecular formula is C24H22BN. The van der Waals surface area contributed by atoms with Crippen molar-refractivity contribution in [2.45, 2.75) is 12.8 Å². The molecule has 0 saturated carbocycles. The first-order chi connectivity index (χ1) is 12.8. The van der Waals surface area contributed by atoms with Gasteiger partial charge in [0.05, 0.1) is 0 Å². The second-order valence-electron chi connectivity index (χ2n) is 6.69. The van der Waals surface area contributed by atoms with E-state index in [9.17, 15) is 0 Å². The van der Waals surface area contributed by atoms with E-state index in [1.165, 1.54) is 33.7 Å². The van der Waals surface area contributed by atoms with Crippen molar-refractivity contribution >= 4 is 24.7 Å². The fraction of sp³-hybridized carbons (Fsp3) is 0.0833. The molecule has 4 rings (SSSR count). The summed E-state index contributed by atoms with van der Waals surface area (Å²) in [6, 6.07) is 28.1. The number of benzene rings is 3. The van der Waals surface area contributed by atoms with Crippen LogP contribution in [0.25, 0.3) is 11.1 Å². The highest BCUT2D eigenvalue weighted by Gasteiger charge is 2.14. The van der Waals surface area contributed by atoms with Crippen LogP contribution in [-0.4, -0.2) is 7.85 Å². The first kappa shape index (κ1) is 16.5. The topological polar surface area (TPSA) is 3.24 Å². The van der Waals surface area contributed by atoms with Gasteiger partial charge in [-0.1, -0.05) is 72.2 Å². The van der Waals surface area contributed by atoms with E-state index in [4.69, 9.17) is 0 Å². The first-order valence-electron chi connectivity index (χ1n) is 9.20. The molecule has 0 unspecified atom stereocenters. The van der Waals surface area contributed by atoms with Crippen molar-refractivity contribution in [2.75, 3.05) is 4.90 Å². The van der Waals surface area contributed by atoms with Crippen LogP contribution in [-0.2, 0) is 0 Å². The molecule has 0 N–H and O–H groups in total. The molecule has 126 valence electrons. The van der Waals surface area contributed by atoms with Crippen molar-refractivity contribution in [3.63, 3.8) is 0 Å². The molecule has 1 nitrogen and oxygen atoms in total. The molecule has 2 heteroatoms. The standard InChI is InChI=1S/C24H22BN/c25-21-13-17-24(18-14-21)26(22-9-5-2-6-10-22)23-15-11-20(12-16-23)19-7-3-1-4-8-19/h1,3-5,7-18H,2,6,25H2. The van der Waals surface area contributed by atoms with E-state index in [1.54, 1.807) is 0 Å². The van der Waals surface area contributed by atoms with Crippen molar-refractivity contribution in [2.24, 2.45) is 0 Å². The highest BCUT2D eigenvalue weighted by atomic mass is 15.1. The second-order valence-corrected chi connectivity index (χ2v) is 6.69. The van der Waals surface area contributed by atoms with E-state index in [0.717, 1.165) is 12.8 Å². The van der Waals surface area contributed by atoms with E-state index in [-0.39, 0.29) is 0 Å². The molecule has 0 amide bonds. The summed E-state index contributed by atoms with van der Waals surface area (Å²) in [6.07, 6.45) is 9.03. The Morgan fingerprint density at radius 3 is 1.88 bits per heavy atom. The molecule has 0 saturated heterocycles. The summed E-state index contributed by atoms with van der Waals surface area (Å²) in [7, 11) is 2.13. The maximum absolute atomic E-state index is 2.34. The lowest BCUT2D eigenvalue weighted by atomic mass is 9.96. The molecule has 0 spiro atoms. The van der Waals surface area contributed by atoms with Crippen LogP contribution in [0, 0.1) is 0 Å². The van der Waals surface area contributed by atoms with E-state index in [2.05, 4.69) is 110 Å². The van der Waals surface area contributed by atoms with E-state index in [0.29, 0.717) is 0 Å². The molecule has 3 aromatic carbocycles. The van der Waals surface area contributed by atoms with E-state index < -0.39 is 0 Å². The van der Waals surface area contributed by atoms with Crippen molar-refractivity contribution in [1.29, 1.82) is 0 Å². The van der Waals surface area contributed by atoms with E-state index >= 15 is 0 Å². The maximum Gasteiger partial charge on any atom is 0.139 e. The Hall–Kier alpha value is -3.00. The van der Waals surface area contributed by atoms with E-state index in [1.807, 2.05) is 0 Å². The van der Waals surface area contributed by atoms with Crippen LogP contribution in [0.1, 0.15) is 12.8 Å². The Morgan fingerprint density at radius 1 is 0.654 bits per heavy atom. The second kappa shape index (κ2) is 7.49. The molecule has 0 fully saturated rings. The van der Waals surface area contributed by atoms with Crippen LogP contribution in [0.15, 0.2) is 103 Å². The predicted octanol–water partition coefficient (Wildman–Crippen LogP) is 4.98. The molecule has 0 atom stereocenters. The quantitative estimate of drug-likeness (QED) is 0.608. The third-order valence-corrected chi connectivity index (χ3v) is 4.76. The molecule has 0 aliphatic heterocycles. The van der Waals surface area contributed by atoms with Crippen molar-refractivity contribution in [1.82, 2.24) is 0 Å². The van der Waals surface area contributed by atoms with Gasteiger partial charge in [-0.2, -0.15) is 0 Å². The fourth-order valence-corrected chi connectivity index (χ4v) is 3.34. The number of allylic oxidation sites excluding steroid dienone is 3. The molecule has 1 aliphatic carbocycles. The van der Waals surface area contributed by atoms with Gasteiger partial charge in [0.2, 0.25) is 0 Å². The predicted molar refractivity (Wildman–Crippen MR) is 115 cm³/mol. The molecule has 0 heterocycles. The highest BCUT2D eigenvalue weighted by Crippen LogP contribution is 2.33. The van der Waals surface area contributed by atoms with Crippen LogP contribution < -0.4 is 10.4 Å². The molecule has 26 heavy (non-hydrogen) atoms. The smallest absolute Gasteiger partial charge is 0.139 e. The molecule has 0 bridgehead atoms. The van der Waals surface area contributed by atoms with Crippen molar-refractivity contribution < 1.29 is 0 Å². The molecule has 3 aromatic rings. The van der Waals surface area contributed by atoms with Crippen molar-refractivity contribution in [3.05, 3.63) is 103 Å². The van der Waals surface area contributed by atoms with Gasteiger partial charge in [0, 0.05) is 17.1 Å². The van der Waals surface area contributed by atoms with Gasteiger partial charge in [0.1, 0.15) is 7.85 Å². The largest absolute Gasteiger partial charge is 0.311 e. The minimum Gasteiger partial charge on any atom is -0.311 e. The molecule has 0 radical (unpaired) electrons. The first-order valence-corrected chi connectivity index (χ1v) is 9.20. The van der Waals surface area contributed by atoms with Gasteiger partial charge in [-0.25, -0.2) is 0 Å². The third kappa shape index (κ3) is 3.50. The summed E-state index contributed by atoms with van der Waals surface area (Å²) in [6.45, 7) is 0. The Labute approximate surface area is 156 Å². The zero-order chi connectivity index (χ0) is 17.8. The number of hydrogen-bond acceptors (Lipinski definition) is 1. The number of nitrogens with zero attached hydrogens (tertiary/aromatic N) is 1. The van der Waals surface area contributed by atoms with Gasteiger partial charge in [0.15, 0.2) is 0 Å². The third-order valence-electron chi connectivity index (χ3n) is 4.76. The average Bonchev–Trinajstić information content (AvgIpc) is 2.72. The summed E-state index contributed by atoms with van der Waals surface area (Å²) in [5, 5.41) is 0. The summed E-state index contributed by atoms with van der Waals surface area (Å²) >= 11 is 0. The van der Waals surface area contributed by atoms with Gasteiger partial charge < -0.3 is 4.90 Å². The summed E-state index contributed by atoms with van der Waals surface area (Å²) in [5.41, 5.74) is 7.39. The molecule has 0 aromatic heterocycles. The zero-order valence-electron chi connectivity index (χ0n) is 15.1. The van der Waals surface area contributed by atoms with Crippen LogP contribution in [0.5, 0.6) is 0 Å². The normalized spacial score (nSPS) is 13.3. The van der Waals surface area contributed by atoms with Crippen molar-refractivity contribution in [3.8, 4) is 11.1 Å². The van der Waals surface area contributed by atoms with Crippen LogP contribution in [0.2, 0.25) is 0 Å². The van der Waals surface area contributed by atoms with Gasteiger partial charge >= 0.3 is 0 Å². The Morgan fingerprint density at radius 2 is 1.27 bits per heavy atom. The van der Waals surface area contributed by atoms with Crippen LogP contribution in [0.3, 0.4) is 0 Å². The number of rotatable bonds is 4. The minimum atomic E-state index is 1.09. The monoisotopic (exact) mass is 335 g/mol. The minimum absolute atomic E-state index is 1.09. The van der Waals surface area contributed by atoms with Crippen LogP contribution in [0.4, 0.5) is 11.4 Å². The SMILES string of the molecule is Bc1ccc(N(C2=CCCC=C2)c2ccc(-c3ccccc3)cc2)cc1. The lowest BCUT2D eigenvalue weighted by Crippen LogP contribution is -2.17. The summed E-state index contributed by atoms with van der Waals surface area (Å²) in [5.74, 6) is 0. The number of anilines is 2. The molecule has 1 aliphatic rings. The van der Waals surface area contributed by atoms with Gasteiger partial charge in [-0.05, 0) is 54.3 Å². The average molecular weight is 335 g/mol. The van der Waals surface area contributed by atoms with Gasteiger partial charge in [0.25, 0.3) is 0 Å². The zero-order valence-corrected chi connectivity index (χ0v) is 15.1. The molecular weight excluding hydrogens is 313 g/mol. The van der Waals surface area contributed by atoms with Gasteiger partial charge in [-0.15, -0.1) is 0 Å². The lowest BCUT2D eigenvalue weighted by Gasteiger charge is -2.28. The Kier molecular flexibility index (Phi) is 4.74. The fourth-order valence-electron chi connectivity index (χ4n) is 3.34. The van der Waals surface area contributed by atoms with Gasteiger partial charge in [-0.3, -0.25) is 0 Å². The summed E-state index contributed by atoms with van der Waals surface area (Å²) in [4.78, 5) is 2.34. The highest BCUT2D eigenvalue weighted by molar-refractivity contribution is 6.32. The Balaban J connectivity index is 1.73. The number of hydrogen-bond donors (Lipinski definition) is 0. The lowest BCUT2D eigenvalue weighted by molar-refractivity contribution is 0.997. The van der Waals surface area contributed by atoms with Crippen LogP contribution >= 0.6 is 0 Å². The summed E-state index contributed by atoms with van der Waals surface area (Å²) < 4.78 is 0. The Bertz CT molecular complexity index is 922.